The van der Waals surface area contributed by atoms with Crippen molar-refractivity contribution in [2.45, 2.75) is 6.61 Å². The van der Waals surface area contributed by atoms with E-state index in [0.717, 1.165) is 33.7 Å². The molecular formula is C21H19N3O3. The first-order chi connectivity index (χ1) is 13.2. The fourth-order valence-electron chi connectivity index (χ4n) is 2.99. The molecule has 0 spiro atoms. The quantitative estimate of drug-likeness (QED) is 0.588. The van der Waals surface area contributed by atoms with Crippen LogP contribution in [0.25, 0.3) is 28.2 Å². The number of fused-ring (bicyclic) bond motifs is 1. The van der Waals surface area contributed by atoms with Crippen LogP contribution in [0.15, 0.2) is 61.1 Å². The Morgan fingerprint density at radius 2 is 1.59 bits per heavy atom. The van der Waals surface area contributed by atoms with E-state index in [1.165, 1.54) is 0 Å². The van der Waals surface area contributed by atoms with Crippen molar-refractivity contribution in [1.82, 2.24) is 14.4 Å². The lowest BCUT2D eigenvalue weighted by atomic mass is 10.1. The number of hydrogen-bond acceptors (Lipinski definition) is 5. The molecule has 0 saturated carbocycles. The number of rotatable bonds is 5. The molecule has 0 radical (unpaired) electrons. The van der Waals surface area contributed by atoms with E-state index in [1.807, 2.05) is 59.3 Å². The van der Waals surface area contributed by atoms with Gasteiger partial charge >= 0.3 is 0 Å². The Kier molecular flexibility index (Phi) is 4.48. The summed E-state index contributed by atoms with van der Waals surface area (Å²) in [6.07, 6.45) is 5.51. The van der Waals surface area contributed by atoms with Gasteiger partial charge in [-0.3, -0.25) is 9.38 Å². The lowest BCUT2D eigenvalue weighted by molar-refractivity contribution is 0.282. The Morgan fingerprint density at radius 1 is 0.889 bits per heavy atom. The number of nitrogens with zero attached hydrogens (tertiary/aromatic N) is 3. The maximum atomic E-state index is 9.21. The molecule has 2 heterocycles. The summed E-state index contributed by atoms with van der Waals surface area (Å²) in [5.41, 5.74) is 5.26. The highest BCUT2D eigenvalue weighted by Crippen LogP contribution is 2.30. The highest BCUT2D eigenvalue weighted by atomic mass is 16.5. The summed E-state index contributed by atoms with van der Waals surface area (Å²) in [6.45, 7) is 0.0239. The van der Waals surface area contributed by atoms with Gasteiger partial charge in [-0.2, -0.15) is 0 Å². The minimum Gasteiger partial charge on any atom is -0.497 e. The van der Waals surface area contributed by atoms with Gasteiger partial charge in [-0.1, -0.05) is 24.3 Å². The molecule has 0 unspecified atom stereocenters. The van der Waals surface area contributed by atoms with Crippen LogP contribution in [0.1, 0.15) is 5.56 Å². The highest BCUT2D eigenvalue weighted by molar-refractivity contribution is 5.69. The van der Waals surface area contributed by atoms with Crippen molar-refractivity contribution >= 4 is 5.65 Å². The van der Waals surface area contributed by atoms with Crippen molar-refractivity contribution in [2.75, 3.05) is 14.2 Å². The lowest BCUT2D eigenvalue weighted by Gasteiger charge is -2.09. The van der Waals surface area contributed by atoms with Crippen molar-refractivity contribution in [1.29, 1.82) is 0 Å². The maximum Gasteiger partial charge on any atom is 0.155 e. The summed E-state index contributed by atoms with van der Waals surface area (Å²) in [5.74, 6) is 1.43. The fraction of sp³-hybridized carbons (Fsp3) is 0.143. The van der Waals surface area contributed by atoms with Crippen molar-refractivity contribution in [3.63, 3.8) is 0 Å². The maximum absolute atomic E-state index is 9.21. The van der Waals surface area contributed by atoms with E-state index in [4.69, 9.17) is 9.47 Å². The molecule has 6 nitrogen and oxygen atoms in total. The second kappa shape index (κ2) is 7.09. The van der Waals surface area contributed by atoms with Crippen molar-refractivity contribution in [3.05, 3.63) is 66.6 Å². The van der Waals surface area contributed by atoms with Crippen molar-refractivity contribution in [2.24, 2.45) is 0 Å². The molecule has 136 valence electrons. The molecule has 27 heavy (non-hydrogen) atoms. The van der Waals surface area contributed by atoms with Crippen LogP contribution in [0.2, 0.25) is 0 Å². The summed E-state index contributed by atoms with van der Waals surface area (Å²) in [5, 5.41) is 9.21. The van der Waals surface area contributed by atoms with Gasteiger partial charge in [0, 0.05) is 23.4 Å². The first kappa shape index (κ1) is 17.1. The largest absolute Gasteiger partial charge is 0.497 e. The summed E-state index contributed by atoms with van der Waals surface area (Å²) in [6, 6.07) is 13.4. The lowest BCUT2D eigenvalue weighted by Crippen LogP contribution is -1.94. The minimum absolute atomic E-state index is 0.0239. The van der Waals surface area contributed by atoms with E-state index in [0.29, 0.717) is 11.5 Å². The number of benzene rings is 2. The second-order valence-electron chi connectivity index (χ2n) is 6.10. The molecule has 1 N–H and O–H groups in total. The van der Waals surface area contributed by atoms with Crippen LogP contribution in [0.5, 0.6) is 11.5 Å². The predicted octanol–water partition coefficient (Wildman–Crippen LogP) is 3.57. The van der Waals surface area contributed by atoms with Crippen LogP contribution in [-0.4, -0.2) is 33.7 Å². The van der Waals surface area contributed by atoms with E-state index in [2.05, 4.69) is 9.97 Å². The van der Waals surface area contributed by atoms with Crippen molar-refractivity contribution < 1.29 is 14.6 Å². The van der Waals surface area contributed by atoms with Crippen LogP contribution in [0, 0.1) is 0 Å². The van der Waals surface area contributed by atoms with Crippen LogP contribution < -0.4 is 9.47 Å². The molecule has 4 rings (SSSR count). The second-order valence-corrected chi connectivity index (χ2v) is 6.10. The SMILES string of the molecule is COc1cc(OC)cc(-c2cnc3cnc(-c4ccc(CO)cc4)cn23)c1. The molecule has 0 aliphatic heterocycles. The van der Waals surface area contributed by atoms with Gasteiger partial charge < -0.3 is 14.6 Å². The third-order valence-electron chi connectivity index (χ3n) is 4.48. The fourth-order valence-corrected chi connectivity index (χ4v) is 2.99. The van der Waals surface area contributed by atoms with Crippen LogP contribution >= 0.6 is 0 Å². The Balaban J connectivity index is 1.83. The molecule has 0 amide bonds. The van der Waals surface area contributed by atoms with Gasteiger partial charge in [-0.25, -0.2) is 4.98 Å². The molecule has 0 bridgehead atoms. The first-order valence-electron chi connectivity index (χ1n) is 8.48. The van der Waals surface area contributed by atoms with Gasteiger partial charge in [-0.05, 0) is 17.7 Å². The molecule has 0 fully saturated rings. The molecule has 2 aromatic carbocycles. The third-order valence-corrected chi connectivity index (χ3v) is 4.48. The van der Waals surface area contributed by atoms with Crippen LogP contribution in [0.3, 0.4) is 0 Å². The Hall–Kier alpha value is -3.38. The van der Waals surface area contributed by atoms with E-state index < -0.39 is 0 Å². The van der Waals surface area contributed by atoms with Gasteiger partial charge in [0.2, 0.25) is 0 Å². The number of methoxy groups -OCH3 is 2. The third kappa shape index (κ3) is 3.22. The van der Waals surface area contributed by atoms with Crippen molar-refractivity contribution in [3.8, 4) is 34.0 Å². The van der Waals surface area contributed by atoms with Gasteiger partial charge in [-0.15, -0.1) is 0 Å². The zero-order chi connectivity index (χ0) is 18.8. The average molecular weight is 361 g/mol. The molecule has 0 aliphatic rings. The Morgan fingerprint density at radius 3 is 2.22 bits per heavy atom. The average Bonchev–Trinajstić information content (AvgIpc) is 3.16. The molecule has 4 aromatic rings. The number of aliphatic hydroxyl groups is 1. The molecule has 0 atom stereocenters. The zero-order valence-corrected chi connectivity index (χ0v) is 15.1. The Labute approximate surface area is 156 Å². The van der Waals surface area contributed by atoms with E-state index in [1.54, 1.807) is 20.4 Å². The number of aliphatic hydroxyl groups excluding tert-OH is 1. The normalized spacial score (nSPS) is 10.9. The van der Waals surface area contributed by atoms with Crippen LogP contribution in [-0.2, 0) is 6.61 Å². The van der Waals surface area contributed by atoms with E-state index in [-0.39, 0.29) is 6.61 Å². The standard InChI is InChI=1S/C21H19N3O3/c1-26-17-7-16(8-18(9-17)27-2)20-10-23-21-11-22-19(12-24(20)21)15-5-3-14(13-25)4-6-15/h3-12,25H,13H2,1-2H3. The van der Waals surface area contributed by atoms with E-state index in [9.17, 15) is 5.11 Å². The van der Waals surface area contributed by atoms with E-state index >= 15 is 0 Å². The molecular weight excluding hydrogens is 342 g/mol. The first-order valence-corrected chi connectivity index (χ1v) is 8.48. The highest BCUT2D eigenvalue weighted by Gasteiger charge is 2.11. The molecule has 6 heteroatoms. The minimum atomic E-state index is 0.0239. The molecule has 0 aliphatic carbocycles. The van der Waals surface area contributed by atoms with Gasteiger partial charge in [0.05, 0.1) is 44.6 Å². The number of hydrogen-bond donors (Lipinski definition) is 1. The smallest absolute Gasteiger partial charge is 0.155 e. The topological polar surface area (TPSA) is 68.9 Å². The zero-order valence-electron chi connectivity index (χ0n) is 15.1. The predicted molar refractivity (Wildman–Crippen MR) is 103 cm³/mol. The van der Waals surface area contributed by atoms with Gasteiger partial charge in [0.1, 0.15) is 11.5 Å². The summed E-state index contributed by atoms with van der Waals surface area (Å²) < 4.78 is 12.8. The van der Waals surface area contributed by atoms with Crippen LogP contribution in [0.4, 0.5) is 0 Å². The molecule has 2 aromatic heterocycles. The van der Waals surface area contributed by atoms with Gasteiger partial charge in [0.15, 0.2) is 5.65 Å². The Bertz CT molecular complexity index is 1070. The summed E-state index contributed by atoms with van der Waals surface area (Å²) in [7, 11) is 3.26. The monoisotopic (exact) mass is 361 g/mol. The molecule has 0 saturated heterocycles. The number of imidazole rings is 1. The number of aromatic nitrogens is 3. The summed E-state index contributed by atoms with van der Waals surface area (Å²) in [4.78, 5) is 8.97. The summed E-state index contributed by atoms with van der Waals surface area (Å²) >= 11 is 0. The van der Waals surface area contributed by atoms with Gasteiger partial charge in [0.25, 0.3) is 0 Å². The number of ether oxygens (including phenoxy) is 2.